The molecular weight excluding hydrogens is 416 g/mol. The minimum Gasteiger partial charge on any atom is -0.307 e. The van der Waals surface area contributed by atoms with Crippen molar-refractivity contribution >= 4 is 33.6 Å². The van der Waals surface area contributed by atoms with Crippen LogP contribution in [-0.2, 0) is 45.3 Å². The molecule has 0 bridgehead atoms. The first-order chi connectivity index (χ1) is 15.0. The molecule has 8 heteroatoms. The van der Waals surface area contributed by atoms with Crippen molar-refractivity contribution < 1.29 is 22.8 Å². The number of rotatable bonds is 3. The first kappa shape index (κ1) is 22.6. The minimum absolute atomic E-state index is 0.421. The predicted octanol–water partition coefficient (Wildman–Crippen LogP) is 2.73. The van der Waals surface area contributed by atoms with E-state index in [4.69, 9.17) is 0 Å². The van der Waals surface area contributed by atoms with Crippen molar-refractivity contribution in [2.24, 2.45) is 0 Å². The molecule has 0 aromatic heterocycles. The Bertz CT molecular complexity index is 1100. The molecule has 0 heterocycles. The van der Waals surface area contributed by atoms with E-state index in [0.717, 1.165) is 57.1 Å². The Kier molecular flexibility index (Phi) is 7.52. The average Bonchev–Trinajstić information content (AvgIpc) is 3.49. The van der Waals surface area contributed by atoms with Gasteiger partial charge in [0.1, 0.15) is 0 Å². The summed E-state index contributed by atoms with van der Waals surface area (Å²) in [7, 11) is -3.57. The van der Waals surface area contributed by atoms with Gasteiger partial charge in [0.15, 0.2) is 11.9 Å². The molecule has 3 aliphatic rings. The van der Waals surface area contributed by atoms with Crippen molar-refractivity contribution in [3.63, 3.8) is 0 Å². The lowest BCUT2D eigenvalue weighted by Crippen LogP contribution is -2.40. The summed E-state index contributed by atoms with van der Waals surface area (Å²) < 4.78 is 26.9. The van der Waals surface area contributed by atoms with E-state index in [2.05, 4.69) is 16.1 Å². The minimum atomic E-state index is -3.57. The molecule has 7 nitrogen and oxygen atoms in total. The molecule has 0 radical (unpaired) electrons. The summed E-state index contributed by atoms with van der Waals surface area (Å²) in [5, 5.41) is 2.47. The highest BCUT2D eigenvalue weighted by Gasteiger charge is 2.31. The van der Waals surface area contributed by atoms with Crippen molar-refractivity contribution in [2.75, 3.05) is 5.32 Å². The third-order valence-corrected chi connectivity index (χ3v) is 7.73. The Morgan fingerprint density at radius 1 is 0.839 bits per heavy atom. The molecule has 0 saturated heterocycles. The Labute approximate surface area is 181 Å². The molecule has 0 aliphatic heterocycles. The van der Waals surface area contributed by atoms with Gasteiger partial charge in [-0.3, -0.25) is 0 Å². The SMILES string of the molecule is O=C(Nc1c2c(cc3c1CCC3)CCC2)NS(=O)(=O)C1CCCC1.O=C=C=C=C=C=O. The normalized spacial score (nSPS) is 16.3. The van der Waals surface area contributed by atoms with E-state index in [1.165, 1.54) is 34.1 Å². The third-order valence-electron chi connectivity index (χ3n) is 5.91. The van der Waals surface area contributed by atoms with Crippen molar-refractivity contribution in [3.8, 4) is 0 Å². The summed E-state index contributed by atoms with van der Waals surface area (Å²) >= 11 is 0. The second kappa shape index (κ2) is 10.3. The Morgan fingerprint density at radius 2 is 1.39 bits per heavy atom. The molecule has 4 rings (SSSR count). The zero-order valence-electron chi connectivity index (χ0n) is 17.2. The van der Waals surface area contributed by atoms with Gasteiger partial charge in [-0.05, 0) is 73.6 Å². The molecule has 1 saturated carbocycles. The fourth-order valence-electron chi connectivity index (χ4n) is 4.60. The van der Waals surface area contributed by atoms with Gasteiger partial charge in [-0.15, -0.1) is 0 Å². The van der Waals surface area contributed by atoms with Crippen LogP contribution < -0.4 is 10.0 Å². The van der Waals surface area contributed by atoms with Crippen molar-refractivity contribution in [2.45, 2.75) is 69.5 Å². The molecule has 1 aromatic carbocycles. The van der Waals surface area contributed by atoms with Crippen molar-refractivity contribution in [1.29, 1.82) is 0 Å². The van der Waals surface area contributed by atoms with Gasteiger partial charge in [0.25, 0.3) is 0 Å². The number of nitrogens with one attached hydrogen (secondary N) is 2. The number of urea groups is 1. The maximum absolute atomic E-state index is 12.4. The Balaban J connectivity index is 0.000000339. The highest BCUT2D eigenvalue weighted by Crippen LogP contribution is 2.38. The van der Waals surface area contributed by atoms with Crippen LogP contribution in [-0.4, -0.2) is 31.6 Å². The second-order valence-electron chi connectivity index (χ2n) is 7.82. The number of hydrogen-bond donors (Lipinski definition) is 2. The van der Waals surface area contributed by atoms with Crippen LogP contribution in [0.15, 0.2) is 23.3 Å². The second-order valence-corrected chi connectivity index (χ2v) is 9.78. The van der Waals surface area contributed by atoms with Crippen molar-refractivity contribution in [3.05, 3.63) is 45.5 Å². The summed E-state index contributed by atoms with van der Waals surface area (Å²) in [4.78, 5) is 30.8. The van der Waals surface area contributed by atoms with Gasteiger partial charge in [-0.25, -0.2) is 27.5 Å². The zero-order chi connectivity index (χ0) is 22.3. The largest absolute Gasteiger partial charge is 0.332 e. The summed E-state index contributed by atoms with van der Waals surface area (Å²) in [6.07, 6.45) is 9.40. The van der Waals surface area contributed by atoms with E-state index in [0.29, 0.717) is 12.8 Å². The molecule has 2 N–H and O–H groups in total. The highest BCUT2D eigenvalue weighted by atomic mass is 32.2. The highest BCUT2D eigenvalue weighted by molar-refractivity contribution is 7.90. The van der Waals surface area contributed by atoms with E-state index < -0.39 is 21.3 Å². The van der Waals surface area contributed by atoms with Crippen molar-refractivity contribution in [1.82, 2.24) is 4.72 Å². The molecule has 1 fully saturated rings. The van der Waals surface area contributed by atoms with Gasteiger partial charge in [-0.1, -0.05) is 18.9 Å². The molecule has 162 valence electrons. The predicted molar refractivity (Wildman–Crippen MR) is 116 cm³/mol. The fourth-order valence-corrected chi connectivity index (χ4v) is 6.03. The van der Waals surface area contributed by atoms with Crippen LogP contribution in [0.2, 0.25) is 0 Å². The number of anilines is 1. The summed E-state index contributed by atoms with van der Waals surface area (Å²) in [5.74, 6) is 2.50. The zero-order valence-corrected chi connectivity index (χ0v) is 18.0. The van der Waals surface area contributed by atoms with Crippen LogP contribution >= 0.6 is 0 Å². The number of benzene rings is 1. The van der Waals surface area contributed by atoms with E-state index in [9.17, 15) is 22.8 Å². The maximum Gasteiger partial charge on any atom is 0.332 e. The number of carbonyl (C=O) groups is 1. The number of aryl methyl sites for hydroxylation is 2. The maximum atomic E-state index is 12.4. The molecular formula is C23H24N2O5S. The van der Waals surface area contributed by atoms with Gasteiger partial charge < -0.3 is 5.32 Å². The van der Waals surface area contributed by atoms with E-state index in [1.807, 2.05) is 17.2 Å². The molecule has 2 amide bonds. The van der Waals surface area contributed by atoms with E-state index >= 15 is 0 Å². The number of fused-ring (bicyclic) bond motifs is 2. The van der Waals surface area contributed by atoms with Gasteiger partial charge in [0, 0.05) is 22.9 Å². The number of hydrogen-bond acceptors (Lipinski definition) is 5. The van der Waals surface area contributed by atoms with E-state index in [1.54, 1.807) is 0 Å². The molecule has 0 unspecified atom stereocenters. The quantitative estimate of drug-likeness (QED) is 0.555. The monoisotopic (exact) mass is 440 g/mol. The van der Waals surface area contributed by atoms with E-state index in [-0.39, 0.29) is 0 Å². The van der Waals surface area contributed by atoms with Crippen LogP contribution in [0.4, 0.5) is 10.5 Å². The smallest absolute Gasteiger partial charge is 0.307 e. The summed E-state index contributed by atoms with van der Waals surface area (Å²) in [6, 6.07) is 1.69. The van der Waals surface area contributed by atoms with Crippen LogP contribution in [0.1, 0.15) is 60.8 Å². The molecule has 0 spiro atoms. The van der Waals surface area contributed by atoms with Crippen LogP contribution in [0.5, 0.6) is 0 Å². The van der Waals surface area contributed by atoms with Gasteiger partial charge >= 0.3 is 6.03 Å². The third kappa shape index (κ3) is 5.55. The van der Waals surface area contributed by atoms with Gasteiger partial charge in [0.05, 0.1) is 5.25 Å². The van der Waals surface area contributed by atoms with Gasteiger partial charge in [0.2, 0.25) is 10.0 Å². The molecule has 31 heavy (non-hydrogen) atoms. The van der Waals surface area contributed by atoms with Crippen LogP contribution in [0.3, 0.4) is 0 Å². The molecule has 1 aromatic rings. The molecule has 0 atom stereocenters. The first-order valence-corrected chi connectivity index (χ1v) is 12.0. The fraction of sp³-hybridized carbons (Fsp3) is 0.478. The first-order valence-electron chi connectivity index (χ1n) is 10.4. The lowest BCUT2D eigenvalue weighted by molar-refractivity contribution is 0.256. The van der Waals surface area contributed by atoms with Gasteiger partial charge in [-0.2, -0.15) is 0 Å². The van der Waals surface area contributed by atoms with Crippen LogP contribution in [0, 0.1) is 0 Å². The molecule has 3 aliphatic carbocycles. The average molecular weight is 441 g/mol. The standard InChI is InChI=1S/C18H24N2O3S.C5O2/c21-18(20-24(22,23)14-7-1-2-8-14)19-17-15-9-3-5-12(15)11-13-6-4-10-16(13)17;6-4-2-1-3-5-7/h11,14H,1-10H2,(H2,19,20,21);. The Morgan fingerprint density at radius 3 is 1.90 bits per heavy atom. The Hall–Kier alpha value is -3.06. The number of sulfonamides is 1. The topological polar surface area (TPSA) is 109 Å². The lowest BCUT2D eigenvalue weighted by Gasteiger charge is -2.17. The van der Waals surface area contributed by atoms with Crippen LogP contribution in [0.25, 0.3) is 0 Å². The summed E-state index contributed by atoms with van der Waals surface area (Å²) in [6.45, 7) is 0. The number of carbonyl (C=O) groups excluding carboxylic acids is 3. The lowest BCUT2D eigenvalue weighted by atomic mass is 9.99. The number of amides is 2. The summed E-state index contributed by atoms with van der Waals surface area (Å²) in [5.41, 5.74) is 11.5.